The van der Waals surface area contributed by atoms with Gasteiger partial charge in [0.05, 0.1) is 15.6 Å². The molecule has 0 aliphatic heterocycles. The van der Waals surface area contributed by atoms with Gasteiger partial charge in [-0.1, -0.05) is 38.3 Å². The summed E-state index contributed by atoms with van der Waals surface area (Å²) >= 11 is 6.09. The van der Waals surface area contributed by atoms with E-state index in [1.54, 1.807) is 6.07 Å². The smallest absolute Gasteiger partial charge is 0.243 e. The molecule has 148 valence electrons. The topological polar surface area (TPSA) is 135 Å². The maximum Gasteiger partial charge on any atom is 0.243 e. The van der Waals surface area contributed by atoms with Gasteiger partial charge in [0.2, 0.25) is 15.7 Å². The molecule has 0 aliphatic rings. The van der Waals surface area contributed by atoms with Crippen molar-refractivity contribution in [2.24, 2.45) is 10.8 Å². The van der Waals surface area contributed by atoms with Crippen molar-refractivity contribution in [3.05, 3.63) is 23.2 Å². The lowest BCUT2D eigenvalue weighted by Crippen LogP contribution is -2.33. The van der Waals surface area contributed by atoms with Gasteiger partial charge in [0.15, 0.2) is 5.84 Å². The number of sulfonamides is 1. The van der Waals surface area contributed by atoms with Crippen molar-refractivity contribution in [3.63, 3.8) is 0 Å². The number of amidine groups is 1. The van der Waals surface area contributed by atoms with Crippen LogP contribution in [0, 0.1) is 16.7 Å². The van der Waals surface area contributed by atoms with Crippen LogP contribution in [0.2, 0.25) is 5.02 Å². The molecule has 0 bridgehead atoms. The fourth-order valence-corrected chi connectivity index (χ4v) is 3.89. The average molecular weight is 413 g/mol. The van der Waals surface area contributed by atoms with Gasteiger partial charge in [-0.15, -0.1) is 0 Å². The monoisotopic (exact) mass is 412 g/mol. The number of nitriles is 1. The van der Waals surface area contributed by atoms with Crippen LogP contribution in [0.5, 0.6) is 0 Å². The summed E-state index contributed by atoms with van der Waals surface area (Å²) in [5, 5.41) is 20.1. The van der Waals surface area contributed by atoms with Crippen LogP contribution in [0.15, 0.2) is 28.2 Å². The maximum atomic E-state index is 13.0. The number of hydrazone groups is 1. The van der Waals surface area contributed by atoms with E-state index in [2.05, 4.69) is 10.5 Å². The van der Waals surface area contributed by atoms with Crippen molar-refractivity contribution in [1.82, 2.24) is 4.31 Å². The Morgan fingerprint density at radius 2 is 1.93 bits per heavy atom. The Morgan fingerprint density at radius 1 is 1.33 bits per heavy atom. The van der Waals surface area contributed by atoms with Crippen LogP contribution < -0.4 is 11.2 Å². The number of rotatable bonds is 11. The van der Waals surface area contributed by atoms with Crippen LogP contribution in [-0.4, -0.2) is 37.4 Å². The Morgan fingerprint density at radius 3 is 2.41 bits per heavy atom. The number of anilines is 1. The number of nitrogens with one attached hydrogen (secondary N) is 2. The number of hydrogen-bond donors (Lipinski definition) is 3. The molecule has 1 aromatic carbocycles. The van der Waals surface area contributed by atoms with Crippen LogP contribution in [0.4, 0.5) is 5.69 Å². The number of benzene rings is 1. The number of nitrogens with zero attached hydrogens (tertiary/aromatic N) is 3. The fourth-order valence-electron chi connectivity index (χ4n) is 2.18. The van der Waals surface area contributed by atoms with Gasteiger partial charge in [-0.2, -0.15) is 14.7 Å². The zero-order chi connectivity index (χ0) is 20.4. The molecule has 1 aromatic rings. The second-order valence-corrected chi connectivity index (χ2v) is 8.20. The van der Waals surface area contributed by atoms with Gasteiger partial charge >= 0.3 is 0 Å². The molecule has 10 heteroatoms. The summed E-state index contributed by atoms with van der Waals surface area (Å²) in [5.41, 5.74) is 7.63. The maximum absolute atomic E-state index is 13.0. The van der Waals surface area contributed by atoms with Gasteiger partial charge in [-0.3, -0.25) is 10.8 Å². The van der Waals surface area contributed by atoms with Gasteiger partial charge in [0.25, 0.3) is 0 Å². The lowest BCUT2D eigenvalue weighted by Gasteiger charge is -2.22. The van der Waals surface area contributed by atoms with Gasteiger partial charge in [-0.05, 0) is 31.0 Å². The van der Waals surface area contributed by atoms with Gasteiger partial charge in [0, 0.05) is 13.1 Å². The first kappa shape index (κ1) is 22.9. The van der Waals surface area contributed by atoms with Crippen molar-refractivity contribution >= 4 is 38.9 Å². The zero-order valence-electron chi connectivity index (χ0n) is 15.5. The van der Waals surface area contributed by atoms with E-state index in [4.69, 9.17) is 28.0 Å². The first-order chi connectivity index (χ1) is 12.8. The van der Waals surface area contributed by atoms with E-state index in [9.17, 15) is 8.42 Å². The van der Waals surface area contributed by atoms with Gasteiger partial charge in [-0.25, -0.2) is 8.42 Å². The highest BCUT2D eigenvalue weighted by atomic mass is 35.5. The minimum Gasteiger partial charge on any atom is -0.382 e. The molecule has 0 radical (unpaired) electrons. The van der Waals surface area contributed by atoms with E-state index in [0.29, 0.717) is 13.1 Å². The molecule has 0 saturated carbocycles. The first-order valence-electron chi connectivity index (χ1n) is 8.65. The SMILES string of the molecule is CCCCN(CCCC)S(=O)(=O)c1ccc(Cl)c(N/N=C(\C#N)C(=N)N)c1. The summed E-state index contributed by atoms with van der Waals surface area (Å²) in [6.07, 6.45) is 3.33. The number of unbranched alkanes of at least 4 members (excludes halogenated alkanes) is 2. The van der Waals surface area contributed by atoms with E-state index in [-0.39, 0.29) is 21.3 Å². The summed E-state index contributed by atoms with van der Waals surface area (Å²) in [5.74, 6) is -0.504. The predicted octanol–water partition coefficient (Wildman–Crippen LogP) is 3.16. The molecule has 0 atom stereocenters. The van der Waals surface area contributed by atoms with Crippen molar-refractivity contribution in [1.29, 1.82) is 10.7 Å². The first-order valence-corrected chi connectivity index (χ1v) is 10.5. The predicted molar refractivity (Wildman–Crippen MR) is 109 cm³/mol. The van der Waals surface area contributed by atoms with E-state index in [1.807, 2.05) is 13.8 Å². The van der Waals surface area contributed by atoms with Crippen LogP contribution in [0.25, 0.3) is 0 Å². The molecule has 0 amide bonds. The van der Waals surface area contributed by atoms with Crippen LogP contribution >= 0.6 is 11.6 Å². The number of nitrogens with two attached hydrogens (primary N) is 1. The molecule has 0 aliphatic carbocycles. The fraction of sp³-hybridized carbons (Fsp3) is 0.471. The Hall–Kier alpha value is -2.15. The minimum absolute atomic E-state index is 0.0816. The molecule has 8 nitrogen and oxygen atoms in total. The molecule has 27 heavy (non-hydrogen) atoms. The minimum atomic E-state index is -3.69. The van der Waals surface area contributed by atoms with Crippen LogP contribution in [0.1, 0.15) is 39.5 Å². The quantitative estimate of drug-likeness (QED) is 0.291. The third-order valence-electron chi connectivity index (χ3n) is 3.75. The summed E-state index contributed by atoms with van der Waals surface area (Å²) in [4.78, 5) is 0.0816. The Balaban J connectivity index is 3.21. The molecule has 1 rings (SSSR count). The van der Waals surface area contributed by atoms with E-state index >= 15 is 0 Å². The van der Waals surface area contributed by atoms with Crippen molar-refractivity contribution in [2.45, 2.75) is 44.4 Å². The number of halogens is 1. The van der Waals surface area contributed by atoms with Crippen molar-refractivity contribution in [3.8, 4) is 6.07 Å². The lowest BCUT2D eigenvalue weighted by molar-refractivity contribution is 0.395. The second-order valence-electron chi connectivity index (χ2n) is 5.85. The summed E-state index contributed by atoms with van der Waals surface area (Å²) < 4.78 is 27.5. The third-order valence-corrected chi connectivity index (χ3v) is 5.97. The highest BCUT2D eigenvalue weighted by molar-refractivity contribution is 7.89. The number of hydrogen-bond acceptors (Lipinski definition) is 6. The molecule has 0 unspecified atom stereocenters. The third kappa shape index (κ3) is 6.50. The van der Waals surface area contributed by atoms with E-state index < -0.39 is 15.9 Å². The van der Waals surface area contributed by atoms with E-state index in [1.165, 1.54) is 22.5 Å². The molecule has 0 fully saturated rings. The standard InChI is InChI=1S/C17H25ClN6O2S/c1-3-5-9-24(10-6-4-2)27(25,26)13-7-8-14(18)15(11-13)22-23-16(12-19)17(20)21/h7-8,11,22H,3-6,9-10H2,1-2H3,(H3,20,21)/b23-16+. The second kappa shape index (κ2) is 10.9. The molecule has 0 aromatic heterocycles. The summed E-state index contributed by atoms with van der Waals surface area (Å²) in [6.45, 7) is 4.92. The average Bonchev–Trinajstić information content (AvgIpc) is 2.63. The van der Waals surface area contributed by atoms with Crippen molar-refractivity contribution < 1.29 is 8.42 Å². The zero-order valence-corrected chi connectivity index (χ0v) is 17.1. The Bertz CT molecular complexity index is 824. The molecular formula is C17H25ClN6O2S. The van der Waals surface area contributed by atoms with Crippen LogP contribution in [0.3, 0.4) is 0 Å². The Labute approximate surface area is 165 Å². The summed E-state index contributed by atoms with van der Waals surface area (Å²) in [7, 11) is -3.69. The lowest BCUT2D eigenvalue weighted by atomic mass is 10.3. The molecule has 4 N–H and O–H groups in total. The van der Waals surface area contributed by atoms with Crippen molar-refractivity contribution in [2.75, 3.05) is 18.5 Å². The molecule has 0 spiro atoms. The van der Waals surface area contributed by atoms with E-state index in [0.717, 1.165) is 25.7 Å². The van der Waals surface area contributed by atoms with Gasteiger partial charge in [0.1, 0.15) is 6.07 Å². The molecule has 0 heterocycles. The van der Waals surface area contributed by atoms with Crippen LogP contribution in [-0.2, 0) is 10.0 Å². The van der Waals surface area contributed by atoms with Gasteiger partial charge < -0.3 is 5.73 Å². The molecular weight excluding hydrogens is 388 g/mol. The highest BCUT2D eigenvalue weighted by Crippen LogP contribution is 2.27. The summed E-state index contributed by atoms with van der Waals surface area (Å²) in [6, 6.07) is 5.92. The molecule has 0 saturated heterocycles. The highest BCUT2D eigenvalue weighted by Gasteiger charge is 2.24. The largest absolute Gasteiger partial charge is 0.382 e. The Kier molecular flexibility index (Phi) is 9.21. The normalized spacial score (nSPS) is 12.0.